The topological polar surface area (TPSA) is 29.5 Å². The normalized spacial score (nSPS) is 14.8. The van der Waals surface area contributed by atoms with Gasteiger partial charge in [-0.25, -0.2) is 0 Å². The lowest BCUT2D eigenvalue weighted by Gasteiger charge is -2.31. The molecule has 1 aromatic carbocycles. The highest BCUT2D eigenvalue weighted by Crippen LogP contribution is 2.30. The predicted octanol–water partition coefficient (Wildman–Crippen LogP) is 3.80. The molecule has 1 N–H and O–H groups in total. The largest absolute Gasteiger partial charge is 0.496 e. The summed E-state index contributed by atoms with van der Waals surface area (Å²) in [5, 5.41) is 10.5. The molecule has 0 aliphatic carbocycles. The third kappa shape index (κ3) is 3.46. The molecule has 3 heteroatoms. The number of rotatable bonds is 5. The van der Waals surface area contributed by atoms with Crippen LogP contribution in [-0.4, -0.2) is 17.8 Å². The van der Waals surface area contributed by atoms with Crippen LogP contribution in [0, 0.1) is 5.92 Å². The zero-order chi connectivity index (χ0) is 13.1. The first-order valence-electron chi connectivity index (χ1n) is 5.97. The molecule has 0 amide bonds. The highest BCUT2D eigenvalue weighted by molar-refractivity contribution is 9.10. The van der Waals surface area contributed by atoms with Gasteiger partial charge in [0.05, 0.1) is 17.2 Å². The van der Waals surface area contributed by atoms with E-state index in [1.807, 2.05) is 25.1 Å². The Morgan fingerprint density at radius 2 is 2.06 bits per heavy atom. The van der Waals surface area contributed by atoms with E-state index in [0.717, 1.165) is 22.2 Å². The SMILES string of the molecule is CCC(O)(Cc1ccc(OC)c(Br)c1)C(C)C. The summed E-state index contributed by atoms with van der Waals surface area (Å²) in [5.74, 6) is 1.06. The van der Waals surface area contributed by atoms with Crippen molar-refractivity contribution in [2.24, 2.45) is 5.92 Å². The van der Waals surface area contributed by atoms with Crippen LogP contribution in [0.25, 0.3) is 0 Å². The van der Waals surface area contributed by atoms with Crippen molar-refractivity contribution in [2.75, 3.05) is 7.11 Å². The third-order valence-corrected chi connectivity index (χ3v) is 4.03. The number of methoxy groups -OCH3 is 1. The van der Waals surface area contributed by atoms with Crippen molar-refractivity contribution in [3.05, 3.63) is 28.2 Å². The van der Waals surface area contributed by atoms with Gasteiger partial charge in [-0.2, -0.15) is 0 Å². The van der Waals surface area contributed by atoms with Crippen LogP contribution in [0.4, 0.5) is 0 Å². The average Bonchev–Trinajstić information content (AvgIpc) is 2.29. The van der Waals surface area contributed by atoms with Crippen molar-refractivity contribution in [3.63, 3.8) is 0 Å². The number of ether oxygens (including phenoxy) is 1. The smallest absolute Gasteiger partial charge is 0.133 e. The van der Waals surface area contributed by atoms with Gasteiger partial charge in [0.25, 0.3) is 0 Å². The summed E-state index contributed by atoms with van der Waals surface area (Å²) in [5.41, 5.74) is 0.490. The van der Waals surface area contributed by atoms with Crippen LogP contribution in [0.3, 0.4) is 0 Å². The molecule has 1 unspecified atom stereocenters. The highest BCUT2D eigenvalue weighted by Gasteiger charge is 2.29. The number of hydrogen-bond acceptors (Lipinski definition) is 2. The third-order valence-electron chi connectivity index (χ3n) is 3.41. The molecule has 0 heterocycles. The van der Waals surface area contributed by atoms with Crippen molar-refractivity contribution in [1.82, 2.24) is 0 Å². The first-order chi connectivity index (χ1) is 7.92. The molecule has 0 saturated carbocycles. The Hall–Kier alpha value is -0.540. The molecule has 17 heavy (non-hydrogen) atoms. The number of hydrogen-bond donors (Lipinski definition) is 1. The predicted molar refractivity (Wildman–Crippen MR) is 74.5 cm³/mol. The van der Waals surface area contributed by atoms with Gasteiger partial charge in [0, 0.05) is 6.42 Å². The minimum absolute atomic E-state index is 0.244. The van der Waals surface area contributed by atoms with Crippen molar-refractivity contribution >= 4 is 15.9 Å². The second-order valence-electron chi connectivity index (χ2n) is 4.76. The van der Waals surface area contributed by atoms with Gasteiger partial charge in [0.15, 0.2) is 0 Å². The van der Waals surface area contributed by atoms with Gasteiger partial charge < -0.3 is 9.84 Å². The lowest BCUT2D eigenvalue weighted by atomic mass is 9.82. The van der Waals surface area contributed by atoms with Crippen LogP contribution in [0.15, 0.2) is 22.7 Å². The lowest BCUT2D eigenvalue weighted by molar-refractivity contribution is -0.00830. The first kappa shape index (κ1) is 14.5. The second-order valence-corrected chi connectivity index (χ2v) is 5.61. The molecule has 0 radical (unpaired) electrons. The molecule has 0 aliphatic heterocycles. The van der Waals surface area contributed by atoms with E-state index in [1.54, 1.807) is 7.11 Å². The summed E-state index contributed by atoms with van der Waals surface area (Å²) in [6, 6.07) is 5.95. The van der Waals surface area contributed by atoms with Gasteiger partial charge in [0.1, 0.15) is 5.75 Å². The first-order valence-corrected chi connectivity index (χ1v) is 6.77. The van der Waals surface area contributed by atoms with E-state index < -0.39 is 5.60 Å². The maximum Gasteiger partial charge on any atom is 0.133 e. The minimum atomic E-state index is -0.631. The van der Waals surface area contributed by atoms with Crippen molar-refractivity contribution < 1.29 is 9.84 Å². The van der Waals surface area contributed by atoms with E-state index in [0.29, 0.717) is 6.42 Å². The van der Waals surface area contributed by atoms with Gasteiger partial charge >= 0.3 is 0 Å². The highest BCUT2D eigenvalue weighted by atomic mass is 79.9. The quantitative estimate of drug-likeness (QED) is 0.896. The van der Waals surface area contributed by atoms with Gasteiger partial charge in [0.2, 0.25) is 0 Å². The van der Waals surface area contributed by atoms with Crippen molar-refractivity contribution in [2.45, 2.75) is 39.2 Å². The van der Waals surface area contributed by atoms with Crippen molar-refractivity contribution in [1.29, 1.82) is 0 Å². The van der Waals surface area contributed by atoms with E-state index in [1.165, 1.54) is 0 Å². The molecule has 0 aromatic heterocycles. The molecule has 0 bridgehead atoms. The Kier molecular flexibility index (Phi) is 5.02. The lowest BCUT2D eigenvalue weighted by Crippen LogP contribution is -2.36. The van der Waals surface area contributed by atoms with Crippen LogP contribution in [0.1, 0.15) is 32.8 Å². The number of aliphatic hydroxyl groups is 1. The molecule has 1 aromatic rings. The zero-order valence-electron chi connectivity index (χ0n) is 11.0. The Morgan fingerprint density at radius 3 is 2.47 bits per heavy atom. The molecule has 0 fully saturated rings. The summed E-state index contributed by atoms with van der Waals surface area (Å²) in [6.07, 6.45) is 1.43. The fourth-order valence-electron chi connectivity index (χ4n) is 1.91. The summed E-state index contributed by atoms with van der Waals surface area (Å²) < 4.78 is 6.12. The zero-order valence-corrected chi connectivity index (χ0v) is 12.5. The Bertz CT molecular complexity index is 376. The molecule has 0 aliphatic rings. The Labute approximate surface area is 112 Å². The van der Waals surface area contributed by atoms with Crippen LogP contribution in [-0.2, 0) is 6.42 Å². The van der Waals surface area contributed by atoms with Gasteiger partial charge in [-0.05, 0) is 46.0 Å². The Balaban J connectivity index is 2.91. The van der Waals surface area contributed by atoms with Crippen molar-refractivity contribution in [3.8, 4) is 5.75 Å². The molecule has 96 valence electrons. The van der Waals surface area contributed by atoms with Crippen LogP contribution in [0.5, 0.6) is 5.75 Å². The molecule has 1 rings (SSSR count). The molecule has 1 atom stereocenters. The fraction of sp³-hybridized carbons (Fsp3) is 0.571. The maximum absolute atomic E-state index is 10.5. The molecule has 0 saturated heterocycles. The van der Waals surface area contributed by atoms with Gasteiger partial charge in [-0.3, -0.25) is 0 Å². The number of benzene rings is 1. The maximum atomic E-state index is 10.5. The second kappa shape index (κ2) is 5.87. The molecular weight excluding hydrogens is 280 g/mol. The standard InChI is InChI=1S/C14H21BrO2/c1-5-14(16,10(2)3)9-11-6-7-13(17-4)12(15)8-11/h6-8,10,16H,5,9H2,1-4H3. The molecular formula is C14H21BrO2. The summed E-state index contributed by atoms with van der Waals surface area (Å²) in [6.45, 7) is 6.14. The van der Waals surface area contributed by atoms with E-state index in [-0.39, 0.29) is 5.92 Å². The van der Waals surface area contributed by atoms with E-state index >= 15 is 0 Å². The molecule has 0 spiro atoms. The number of halogens is 1. The van der Waals surface area contributed by atoms with E-state index in [9.17, 15) is 5.11 Å². The summed E-state index contributed by atoms with van der Waals surface area (Å²) in [4.78, 5) is 0. The molecule has 2 nitrogen and oxygen atoms in total. The fourth-order valence-corrected chi connectivity index (χ4v) is 2.50. The summed E-state index contributed by atoms with van der Waals surface area (Å²) in [7, 11) is 1.65. The van der Waals surface area contributed by atoms with E-state index in [4.69, 9.17) is 4.74 Å². The van der Waals surface area contributed by atoms with Crippen LogP contribution in [0.2, 0.25) is 0 Å². The van der Waals surface area contributed by atoms with Crippen LogP contribution < -0.4 is 4.74 Å². The average molecular weight is 301 g/mol. The monoisotopic (exact) mass is 300 g/mol. The Morgan fingerprint density at radius 1 is 1.41 bits per heavy atom. The van der Waals surface area contributed by atoms with Gasteiger partial charge in [-0.1, -0.05) is 26.8 Å². The van der Waals surface area contributed by atoms with Gasteiger partial charge in [-0.15, -0.1) is 0 Å². The van der Waals surface area contributed by atoms with E-state index in [2.05, 4.69) is 29.8 Å². The van der Waals surface area contributed by atoms with Crippen LogP contribution >= 0.6 is 15.9 Å². The minimum Gasteiger partial charge on any atom is -0.496 e. The summed E-state index contributed by atoms with van der Waals surface area (Å²) >= 11 is 3.47.